The summed E-state index contributed by atoms with van der Waals surface area (Å²) in [5, 5.41) is 8.77. The molecule has 0 saturated heterocycles. The smallest absolute Gasteiger partial charge is 0.0629 e. The zero-order valence-electron chi connectivity index (χ0n) is 12.2. The summed E-state index contributed by atoms with van der Waals surface area (Å²) in [6, 6.07) is -0.0211. The Hall–Kier alpha value is -1.62. The highest BCUT2D eigenvalue weighted by Crippen LogP contribution is 2.20. The van der Waals surface area contributed by atoms with Crippen molar-refractivity contribution in [3.05, 3.63) is 34.9 Å². The molecule has 5 nitrogen and oxygen atoms in total. The summed E-state index contributed by atoms with van der Waals surface area (Å²) in [4.78, 5) is 0. The highest BCUT2D eigenvalue weighted by atomic mass is 15.3. The predicted molar refractivity (Wildman–Crippen MR) is 75.8 cm³/mol. The summed E-state index contributed by atoms with van der Waals surface area (Å²) < 4.78 is 3.87. The molecule has 1 atom stereocenters. The quantitative estimate of drug-likeness (QED) is 0.894. The van der Waals surface area contributed by atoms with Crippen LogP contribution in [-0.4, -0.2) is 19.6 Å². The molecule has 2 rings (SSSR count). The second-order valence-corrected chi connectivity index (χ2v) is 5.12. The molecule has 2 aromatic rings. The molecule has 0 bridgehead atoms. The Morgan fingerprint density at radius 1 is 1.37 bits per heavy atom. The van der Waals surface area contributed by atoms with E-state index in [2.05, 4.69) is 30.2 Å². The van der Waals surface area contributed by atoms with Gasteiger partial charge in [0.2, 0.25) is 0 Å². The first-order valence-electron chi connectivity index (χ1n) is 6.80. The molecule has 0 amide bonds. The zero-order chi connectivity index (χ0) is 14.0. The highest BCUT2D eigenvalue weighted by molar-refractivity contribution is 5.27. The van der Waals surface area contributed by atoms with Crippen LogP contribution in [0.25, 0.3) is 0 Å². The Labute approximate surface area is 114 Å². The van der Waals surface area contributed by atoms with Gasteiger partial charge in [0.25, 0.3) is 0 Å². The lowest BCUT2D eigenvalue weighted by atomic mass is 10.0. The van der Waals surface area contributed by atoms with Crippen LogP contribution in [0.1, 0.15) is 41.9 Å². The van der Waals surface area contributed by atoms with Crippen LogP contribution in [-0.2, 0) is 20.0 Å². The van der Waals surface area contributed by atoms with E-state index in [4.69, 9.17) is 5.73 Å². The standard InChI is InChI=1S/C14H23N5/c1-5-6-19-9-12(8-16-19)14(15)7-13-10(2)17-18(4)11(13)3/h8-9,14H,5-7,15H2,1-4H3. The van der Waals surface area contributed by atoms with Gasteiger partial charge in [0, 0.05) is 37.1 Å². The minimum absolute atomic E-state index is 0.0211. The summed E-state index contributed by atoms with van der Waals surface area (Å²) in [6.45, 7) is 7.21. The molecule has 0 spiro atoms. The van der Waals surface area contributed by atoms with Crippen LogP contribution in [0.2, 0.25) is 0 Å². The Balaban J connectivity index is 2.13. The van der Waals surface area contributed by atoms with E-state index < -0.39 is 0 Å². The van der Waals surface area contributed by atoms with Gasteiger partial charge in [-0.2, -0.15) is 10.2 Å². The van der Waals surface area contributed by atoms with Gasteiger partial charge in [-0.15, -0.1) is 0 Å². The molecule has 1 unspecified atom stereocenters. The first-order chi connectivity index (χ1) is 9.02. The monoisotopic (exact) mass is 261 g/mol. The first kappa shape index (κ1) is 13.8. The lowest BCUT2D eigenvalue weighted by Gasteiger charge is -2.09. The van der Waals surface area contributed by atoms with Gasteiger partial charge in [-0.05, 0) is 32.3 Å². The number of aryl methyl sites for hydroxylation is 3. The molecule has 0 radical (unpaired) electrons. The van der Waals surface area contributed by atoms with Gasteiger partial charge in [0.05, 0.1) is 11.9 Å². The van der Waals surface area contributed by atoms with Crippen LogP contribution in [0, 0.1) is 13.8 Å². The number of nitrogens with zero attached hydrogens (tertiary/aromatic N) is 4. The third-order valence-electron chi connectivity index (χ3n) is 3.62. The molecule has 19 heavy (non-hydrogen) atoms. The van der Waals surface area contributed by atoms with Gasteiger partial charge in [0.1, 0.15) is 0 Å². The molecule has 2 aromatic heterocycles. The summed E-state index contributed by atoms with van der Waals surface area (Å²) in [5.41, 5.74) is 10.9. The van der Waals surface area contributed by atoms with E-state index in [-0.39, 0.29) is 6.04 Å². The molecule has 0 aromatic carbocycles. The zero-order valence-corrected chi connectivity index (χ0v) is 12.2. The average Bonchev–Trinajstić information content (AvgIpc) is 2.91. The lowest BCUT2D eigenvalue weighted by Crippen LogP contribution is -2.13. The van der Waals surface area contributed by atoms with Crippen LogP contribution >= 0.6 is 0 Å². The molecule has 0 aliphatic carbocycles. The van der Waals surface area contributed by atoms with Crippen molar-refractivity contribution in [3.8, 4) is 0 Å². The highest BCUT2D eigenvalue weighted by Gasteiger charge is 2.15. The third kappa shape index (κ3) is 2.87. The van der Waals surface area contributed by atoms with Gasteiger partial charge in [-0.1, -0.05) is 6.92 Å². The van der Waals surface area contributed by atoms with Gasteiger partial charge in [-0.25, -0.2) is 0 Å². The Bertz CT molecular complexity index is 552. The van der Waals surface area contributed by atoms with Crippen molar-refractivity contribution in [2.75, 3.05) is 0 Å². The van der Waals surface area contributed by atoms with E-state index in [9.17, 15) is 0 Å². The maximum Gasteiger partial charge on any atom is 0.0629 e. The summed E-state index contributed by atoms with van der Waals surface area (Å²) >= 11 is 0. The third-order valence-corrected chi connectivity index (χ3v) is 3.62. The molecular formula is C14H23N5. The van der Waals surface area contributed by atoms with Crippen molar-refractivity contribution in [2.24, 2.45) is 12.8 Å². The van der Waals surface area contributed by atoms with Crippen LogP contribution < -0.4 is 5.73 Å². The van der Waals surface area contributed by atoms with Crippen LogP contribution in [0.4, 0.5) is 0 Å². The van der Waals surface area contributed by atoms with Crippen molar-refractivity contribution < 1.29 is 0 Å². The van der Waals surface area contributed by atoms with E-state index >= 15 is 0 Å². The van der Waals surface area contributed by atoms with Gasteiger partial charge < -0.3 is 5.73 Å². The molecule has 104 valence electrons. The fourth-order valence-electron chi connectivity index (χ4n) is 2.37. The summed E-state index contributed by atoms with van der Waals surface area (Å²) in [5.74, 6) is 0. The molecule has 0 aliphatic heterocycles. The molecule has 2 heterocycles. The molecule has 0 aliphatic rings. The second-order valence-electron chi connectivity index (χ2n) is 5.12. The SMILES string of the molecule is CCCn1cc(C(N)Cc2c(C)nn(C)c2C)cn1. The van der Waals surface area contributed by atoms with E-state index in [1.165, 1.54) is 11.3 Å². The largest absolute Gasteiger partial charge is 0.324 e. The molecule has 2 N–H and O–H groups in total. The van der Waals surface area contributed by atoms with Crippen molar-refractivity contribution >= 4 is 0 Å². The maximum absolute atomic E-state index is 6.29. The topological polar surface area (TPSA) is 61.7 Å². The molecule has 0 saturated carbocycles. The predicted octanol–water partition coefficient (Wildman–Crippen LogP) is 1.89. The summed E-state index contributed by atoms with van der Waals surface area (Å²) in [6.07, 6.45) is 5.82. The normalized spacial score (nSPS) is 12.9. The van der Waals surface area contributed by atoms with E-state index in [1.807, 2.05) is 29.5 Å². The minimum atomic E-state index is -0.0211. The fraction of sp³-hybridized carbons (Fsp3) is 0.571. The second kappa shape index (κ2) is 5.57. The van der Waals surface area contributed by atoms with Crippen LogP contribution in [0.5, 0.6) is 0 Å². The summed E-state index contributed by atoms with van der Waals surface area (Å²) in [7, 11) is 1.97. The molecule has 0 fully saturated rings. The van der Waals surface area contributed by atoms with Crippen molar-refractivity contribution in [1.29, 1.82) is 0 Å². The van der Waals surface area contributed by atoms with E-state index in [0.717, 1.165) is 30.6 Å². The maximum atomic E-state index is 6.29. The molecular weight excluding hydrogens is 238 g/mol. The van der Waals surface area contributed by atoms with E-state index in [0.29, 0.717) is 0 Å². The number of aromatic nitrogens is 4. The van der Waals surface area contributed by atoms with Crippen LogP contribution in [0.15, 0.2) is 12.4 Å². The van der Waals surface area contributed by atoms with Gasteiger partial charge in [0.15, 0.2) is 0 Å². The van der Waals surface area contributed by atoms with Crippen molar-refractivity contribution in [2.45, 2.75) is 46.2 Å². The lowest BCUT2D eigenvalue weighted by molar-refractivity contribution is 0.600. The number of hydrogen-bond donors (Lipinski definition) is 1. The fourth-order valence-corrected chi connectivity index (χ4v) is 2.37. The van der Waals surface area contributed by atoms with Gasteiger partial charge in [-0.3, -0.25) is 9.36 Å². The Morgan fingerprint density at radius 2 is 2.11 bits per heavy atom. The van der Waals surface area contributed by atoms with Crippen molar-refractivity contribution in [1.82, 2.24) is 19.6 Å². The minimum Gasteiger partial charge on any atom is -0.324 e. The van der Waals surface area contributed by atoms with Gasteiger partial charge >= 0.3 is 0 Å². The Kier molecular flexibility index (Phi) is 4.04. The number of nitrogens with two attached hydrogens (primary N) is 1. The number of rotatable bonds is 5. The van der Waals surface area contributed by atoms with Crippen molar-refractivity contribution in [3.63, 3.8) is 0 Å². The average molecular weight is 261 g/mol. The molecule has 5 heteroatoms. The Morgan fingerprint density at radius 3 is 2.68 bits per heavy atom. The van der Waals surface area contributed by atoms with E-state index in [1.54, 1.807) is 0 Å². The van der Waals surface area contributed by atoms with Crippen LogP contribution in [0.3, 0.4) is 0 Å². The number of hydrogen-bond acceptors (Lipinski definition) is 3. The first-order valence-corrected chi connectivity index (χ1v) is 6.80.